The number of β-amino-alcohol motifs (C(OH)–C–C–N with tert-alkyl or cyclic N) is 1. The predicted molar refractivity (Wildman–Crippen MR) is 136 cm³/mol. The molecule has 0 amide bonds. The van der Waals surface area contributed by atoms with Gasteiger partial charge in [0, 0.05) is 43.2 Å². The van der Waals surface area contributed by atoms with Gasteiger partial charge in [-0.25, -0.2) is 9.97 Å². The zero-order chi connectivity index (χ0) is 23.3. The van der Waals surface area contributed by atoms with Crippen molar-refractivity contribution < 1.29 is 9.84 Å². The number of fused-ring (bicyclic) bond motifs is 1. The van der Waals surface area contributed by atoms with Gasteiger partial charge in [0.15, 0.2) is 0 Å². The minimum Gasteiger partial charge on any atom is -0.496 e. The Morgan fingerprint density at radius 1 is 0.941 bits per heavy atom. The fraction of sp³-hybridized carbons (Fsp3) is 0.500. The van der Waals surface area contributed by atoms with Crippen molar-refractivity contribution >= 4 is 22.4 Å². The Hall–Kier alpha value is -2.86. The number of para-hydroxylation sites is 1. The lowest BCUT2D eigenvalue weighted by Gasteiger charge is -2.34. The maximum atomic E-state index is 10.5. The van der Waals surface area contributed by atoms with Gasteiger partial charge in [-0.2, -0.15) is 0 Å². The van der Waals surface area contributed by atoms with Crippen molar-refractivity contribution in [3.05, 3.63) is 53.9 Å². The smallest absolute Gasteiger partial charge is 0.140 e. The molecule has 2 saturated heterocycles. The SMILES string of the molecule is COc1ccccc1C1CCN(c2nc(C3CC3)nc3ccc(N4CCC(C)(O)C4)cc23)CC1. The highest BCUT2D eigenvalue weighted by atomic mass is 16.5. The number of aliphatic hydroxyl groups is 1. The van der Waals surface area contributed by atoms with Crippen LogP contribution >= 0.6 is 0 Å². The number of aromatic nitrogens is 2. The van der Waals surface area contributed by atoms with Gasteiger partial charge in [-0.05, 0) is 74.8 Å². The lowest BCUT2D eigenvalue weighted by molar-refractivity contribution is 0.0839. The maximum Gasteiger partial charge on any atom is 0.140 e. The topological polar surface area (TPSA) is 61.7 Å². The molecule has 178 valence electrons. The van der Waals surface area contributed by atoms with Crippen molar-refractivity contribution in [3.63, 3.8) is 0 Å². The molecule has 0 radical (unpaired) electrons. The van der Waals surface area contributed by atoms with Gasteiger partial charge in [-0.15, -0.1) is 0 Å². The molecule has 0 bridgehead atoms. The van der Waals surface area contributed by atoms with E-state index < -0.39 is 5.60 Å². The van der Waals surface area contributed by atoms with Crippen LogP contribution in [0.15, 0.2) is 42.5 Å². The largest absolute Gasteiger partial charge is 0.496 e. The first kappa shape index (κ1) is 21.7. The molecule has 34 heavy (non-hydrogen) atoms. The van der Waals surface area contributed by atoms with Crippen LogP contribution in [0.1, 0.15) is 62.3 Å². The number of nitrogens with zero attached hydrogens (tertiary/aromatic N) is 4. The Morgan fingerprint density at radius 3 is 2.44 bits per heavy atom. The van der Waals surface area contributed by atoms with Crippen molar-refractivity contribution in [1.82, 2.24) is 9.97 Å². The van der Waals surface area contributed by atoms with Gasteiger partial charge < -0.3 is 19.6 Å². The molecule has 2 aromatic carbocycles. The minimum absolute atomic E-state index is 0.505. The normalized spacial score (nSPS) is 23.6. The summed E-state index contributed by atoms with van der Waals surface area (Å²) in [6.07, 6.45) is 5.35. The van der Waals surface area contributed by atoms with Crippen molar-refractivity contribution in [2.75, 3.05) is 43.1 Å². The van der Waals surface area contributed by atoms with Gasteiger partial charge in [0.2, 0.25) is 0 Å². The Bertz CT molecular complexity index is 1200. The Kier molecular flexibility index (Phi) is 5.36. The number of methoxy groups -OCH3 is 1. The van der Waals surface area contributed by atoms with E-state index in [-0.39, 0.29) is 0 Å². The van der Waals surface area contributed by atoms with Crippen LogP contribution in [0.3, 0.4) is 0 Å². The first-order valence-corrected chi connectivity index (χ1v) is 12.7. The number of ether oxygens (including phenoxy) is 1. The first-order valence-electron chi connectivity index (χ1n) is 12.7. The van der Waals surface area contributed by atoms with Gasteiger partial charge in [-0.3, -0.25) is 0 Å². The third-order valence-electron chi connectivity index (χ3n) is 7.81. The number of rotatable bonds is 5. The second kappa shape index (κ2) is 8.42. The highest BCUT2D eigenvalue weighted by Gasteiger charge is 2.33. The maximum absolute atomic E-state index is 10.5. The summed E-state index contributed by atoms with van der Waals surface area (Å²) in [5.74, 6) is 4.11. The second-order valence-corrected chi connectivity index (χ2v) is 10.6. The van der Waals surface area contributed by atoms with E-state index in [1.807, 2.05) is 13.0 Å². The first-order chi connectivity index (χ1) is 16.5. The summed E-state index contributed by atoms with van der Waals surface area (Å²) in [7, 11) is 1.76. The molecule has 6 nitrogen and oxygen atoms in total. The Balaban J connectivity index is 1.31. The van der Waals surface area contributed by atoms with Gasteiger partial charge >= 0.3 is 0 Å². The van der Waals surface area contributed by atoms with Crippen LogP contribution in [0, 0.1) is 0 Å². The summed E-state index contributed by atoms with van der Waals surface area (Å²) < 4.78 is 5.64. The van der Waals surface area contributed by atoms with Crippen LogP contribution in [0.2, 0.25) is 0 Å². The number of hydrogen-bond acceptors (Lipinski definition) is 6. The fourth-order valence-electron chi connectivity index (χ4n) is 5.65. The third kappa shape index (κ3) is 4.09. The third-order valence-corrected chi connectivity index (χ3v) is 7.81. The van der Waals surface area contributed by atoms with E-state index in [9.17, 15) is 5.11 Å². The molecular weight excluding hydrogens is 424 g/mol. The van der Waals surface area contributed by atoms with Crippen molar-refractivity contribution in [2.45, 2.75) is 56.5 Å². The molecule has 1 aliphatic carbocycles. The van der Waals surface area contributed by atoms with Crippen LogP contribution in [0.5, 0.6) is 5.75 Å². The molecule has 1 unspecified atom stereocenters. The molecular formula is C28H34N4O2. The fourth-order valence-corrected chi connectivity index (χ4v) is 5.65. The number of piperidine rings is 1. The Labute approximate surface area is 201 Å². The average molecular weight is 459 g/mol. The standard InChI is InChI=1S/C28H34N4O2/c1-28(33)13-16-32(18-28)21-9-10-24-23(17-21)27(30-26(29-24)20-7-8-20)31-14-11-19(12-15-31)22-5-3-4-6-25(22)34-2/h3-6,9-10,17,19-20,33H,7-8,11-16,18H2,1-2H3. The van der Waals surface area contributed by atoms with Crippen LogP contribution in [0.4, 0.5) is 11.5 Å². The van der Waals surface area contributed by atoms with Crippen LogP contribution < -0.4 is 14.5 Å². The van der Waals surface area contributed by atoms with Gasteiger partial charge in [0.1, 0.15) is 17.4 Å². The highest BCUT2D eigenvalue weighted by molar-refractivity contribution is 5.92. The van der Waals surface area contributed by atoms with E-state index in [4.69, 9.17) is 14.7 Å². The van der Waals surface area contributed by atoms with E-state index >= 15 is 0 Å². The average Bonchev–Trinajstić information content (AvgIpc) is 3.65. The molecule has 1 N–H and O–H groups in total. The summed E-state index contributed by atoms with van der Waals surface area (Å²) in [5, 5.41) is 11.6. The lowest BCUT2D eigenvalue weighted by Crippen LogP contribution is -2.34. The van der Waals surface area contributed by atoms with Gasteiger partial charge in [0.05, 0.1) is 18.2 Å². The van der Waals surface area contributed by atoms with Crippen LogP contribution in [-0.4, -0.2) is 54.0 Å². The molecule has 0 spiro atoms. The molecule has 3 heterocycles. The van der Waals surface area contributed by atoms with E-state index in [0.717, 1.165) is 72.9 Å². The summed E-state index contributed by atoms with van der Waals surface area (Å²) in [6.45, 7) is 5.41. The second-order valence-electron chi connectivity index (χ2n) is 10.6. The minimum atomic E-state index is -0.621. The lowest BCUT2D eigenvalue weighted by atomic mass is 9.88. The number of benzene rings is 2. The predicted octanol–water partition coefficient (Wildman–Crippen LogP) is 4.86. The summed E-state index contributed by atoms with van der Waals surface area (Å²) >= 11 is 0. The van der Waals surface area contributed by atoms with Crippen molar-refractivity contribution in [1.29, 1.82) is 0 Å². The highest BCUT2D eigenvalue weighted by Crippen LogP contribution is 2.42. The molecule has 6 heteroatoms. The van der Waals surface area contributed by atoms with E-state index in [0.29, 0.717) is 18.4 Å². The van der Waals surface area contributed by atoms with Crippen LogP contribution in [0.25, 0.3) is 10.9 Å². The summed E-state index contributed by atoms with van der Waals surface area (Å²) in [5.41, 5.74) is 2.88. The molecule has 3 fully saturated rings. The molecule has 6 rings (SSSR count). The number of anilines is 2. The van der Waals surface area contributed by atoms with Gasteiger partial charge in [0.25, 0.3) is 0 Å². The monoisotopic (exact) mass is 458 g/mol. The van der Waals surface area contributed by atoms with Crippen molar-refractivity contribution in [3.8, 4) is 5.75 Å². The van der Waals surface area contributed by atoms with E-state index in [1.165, 1.54) is 18.4 Å². The van der Waals surface area contributed by atoms with Crippen molar-refractivity contribution in [2.24, 2.45) is 0 Å². The molecule has 3 aromatic rings. The van der Waals surface area contributed by atoms with E-state index in [1.54, 1.807) is 7.11 Å². The molecule has 1 saturated carbocycles. The Morgan fingerprint density at radius 2 is 1.74 bits per heavy atom. The number of hydrogen-bond donors (Lipinski definition) is 1. The van der Waals surface area contributed by atoms with Crippen LogP contribution in [-0.2, 0) is 0 Å². The quantitative estimate of drug-likeness (QED) is 0.589. The molecule has 1 aromatic heterocycles. The zero-order valence-electron chi connectivity index (χ0n) is 20.2. The van der Waals surface area contributed by atoms with E-state index in [2.05, 4.69) is 46.2 Å². The van der Waals surface area contributed by atoms with Gasteiger partial charge in [-0.1, -0.05) is 18.2 Å². The molecule has 1 atom stereocenters. The molecule has 2 aliphatic heterocycles. The molecule has 3 aliphatic rings. The summed E-state index contributed by atoms with van der Waals surface area (Å²) in [6, 6.07) is 15.0. The zero-order valence-corrected chi connectivity index (χ0v) is 20.2. The summed E-state index contributed by atoms with van der Waals surface area (Å²) in [4.78, 5) is 14.8.